The number of Topliss-reactive ketones (excluding diaryl/α,β-unsaturated/α-hetero) is 1. The van der Waals surface area contributed by atoms with E-state index in [1.807, 2.05) is 6.07 Å². The summed E-state index contributed by atoms with van der Waals surface area (Å²) in [6.07, 6.45) is 1.59. The minimum absolute atomic E-state index is 0.0651. The third kappa shape index (κ3) is 3.05. The Hall–Kier alpha value is -1.94. The molecule has 2 rings (SSSR count). The smallest absolute Gasteiger partial charge is 0.176 e. The Kier molecular flexibility index (Phi) is 3.89. The van der Waals surface area contributed by atoms with E-state index >= 15 is 0 Å². The molecule has 0 atom stereocenters. The summed E-state index contributed by atoms with van der Waals surface area (Å²) in [5.41, 5.74) is 0.993. The minimum atomic E-state index is -0.296. The molecule has 0 radical (unpaired) electrons. The van der Waals surface area contributed by atoms with Gasteiger partial charge in [-0.15, -0.1) is 0 Å². The molecule has 2 aromatic rings. The van der Waals surface area contributed by atoms with Gasteiger partial charge in [-0.3, -0.25) is 4.79 Å². The van der Waals surface area contributed by atoms with Crippen molar-refractivity contribution in [3.8, 4) is 0 Å². The molecule has 0 saturated heterocycles. The fourth-order valence-electron chi connectivity index (χ4n) is 1.63. The van der Waals surface area contributed by atoms with Crippen LogP contribution in [0.5, 0.6) is 0 Å². The molecule has 0 spiro atoms. The number of benzene rings is 1. The fraction of sp³-hybridized carbons (Fsp3) is 0.214. The Balaban J connectivity index is 1.89. The van der Waals surface area contributed by atoms with Crippen molar-refractivity contribution in [3.05, 3.63) is 59.3 Å². The largest absolute Gasteiger partial charge is 0.468 e. The summed E-state index contributed by atoms with van der Waals surface area (Å²) in [4.78, 5) is 11.8. The quantitative estimate of drug-likeness (QED) is 0.826. The Morgan fingerprint density at radius 3 is 2.89 bits per heavy atom. The third-order valence-corrected chi connectivity index (χ3v) is 2.64. The molecule has 0 aliphatic rings. The van der Waals surface area contributed by atoms with Crippen LogP contribution >= 0.6 is 0 Å². The van der Waals surface area contributed by atoms with Crippen LogP contribution in [0, 0.1) is 12.7 Å². The van der Waals surface area contributed by atoms with E-state index in [0.29, 0.717) is 17.7 Å². The van der Waals surface area contributed by atoms with Gasteiger partial charge in [0, 0.05) is 5.56 Å². The standard InChI is InChI=1S/C14H14FNO2/c1-10-7-11(4-5-13(10)15)14(17)9-16-8-12-3-2-6-18-12/h2-7,16H,8-9H2,1H3. The van der Waals surface area contributed by atoms with Gasteiger partial charge in [0.1, 0.15) is 11.6 Å². The van der Waals surface area contributed by atoms with E-state index in [0.717, 1.165) is 5.76 Å². The average molecular weight is 247 g/mol. The van der Waals surface area contributed by atoms with Crippen molar-refractivity contribution in [2.45, 2.75) is 13.5 Å². The summed E-state index contributed by atoms with van der Waals surface area (Å²) < 4.78 is 18.2. The van der Waals surface area contributed by atoms with Crippen LogP contribution in [0.3, 0.4) is 0 Å². The van der Waals surface area contributed by atoms with Crippen LogP contribution in [-0.4, -0.2) is 12.3 Å². The number of carbonyl (C=O) groups is 1. The summed E-state index contributed by atoms with van der Waals surface area (Å²) in [5.74, 6) is 0.415. The molecule has 0 unspecified atom stereocenters. The zero-order valence-electron chi connectivity index (χ0n) is 10.1. The van der Waals surface area contributed by atoms with E-state index in [1.54, 1.807) is 25.3 Å². The average Bonchev–Trinajstić information content (AvgIpc) is 2.85. The Morgan fingerprint density at radius 2 is 2.22 bits per heavy atom. The van der Waals surface area contributed by atoms with Crippen molar-refractivity contribution in [2.75, 3.05) is 6.54 Å². The molecule has 1 aromatic carbocycles. The minimum Gasteiger partial charge on any atom is -0.468 e. The second-order valence-electron chi connectivity index (χ2n) is 4.07. The number of rotatable bonds is 5. The molecule has 0 amide bonds. The van der Waals surface area contributed by atoms with Gasteiger partial charge in [-0.1, -0.05) is 0 Å². The maximum absolute atomic E-state index is 13.1. The monoisotopic (exact) mass is 247 g/mol. The van der Waals surface area contributed by atoms with Crippen molar-refractivity contribution in [3.63, 3.8) is 0 Å². The summed E-state index contributed by atoms with van der Waals surface area (Å²) in [6, 6.07) is 8.00. The van der Waals surface area contributed by atoms with Gasteiger partial charge in [-0.25, -0.2) is 4.39 Å². The summed E-state index contributed by atoms with van der Waals surface area (Å²) in [5, 5.41) is 2.98. The zero-order chi connectivity index (χ0) is 13.0. The highest BCUT2D eigenvalue weighted by Crippen LogP contribution is 2.09. The Morgan fingerprint density at radius 1 is 1.39 bits per heavy atom. The lowest BCUT2D eigenvalue weighted by Crippen LogP contribution is -2.22. The van der Waals surface area contributed by atoms with Gasteiger partial charge in [-0.2, -0.15) is 0 Å². The fourth-order valence-corrected chi connectivity index (χ4v) is 1.63. The molecule has 1 N–H and O–H groups in total. The number of hydrogen-bond acceptors (Lipinski definition) is 3. The van der Waals surface area contributed by atoms with Crippen molar-refractivity contribution in [1.82, 2.24) is 5.32 Å². The Bertz CT molecular complexity index is 535. The first-order chi connectivity index (χ1) is 8.66. The molecule has 18 heavy (non-hydrogen) atoms. The first-order valence-electron chi connectivity index (χ1n) is 5.69. The lowest BCUT2D eigenvalue weighted by molar-refractivity contribution is 0.0990. The third-order valence-electron chi connectivity index (χ3n) is 2.64. The lowest BCUT2D eigenvalue weighted by atomic mass is 10.1. The summed E-state index contributed by atoms with van der Waals surface area (Å²) in [6.45, 7) is 2.34. The van der Waals surface area contributed by atoms with Crippen LogP contribution in [0.1, 0.15) is 21.7 Å². The number of carbonyl (C=O) groups excluding carboxylic acids is 1. The second kappa shape index (κ2) is 5.60. The van der Waals surface area contributed by atoms with Crippen molar-refractivity contribution in [1.29, 1.82) is 0 Å². The van der Waals surface area contributed by atoms with Gasteiger partial charge < -0.3 is 9.73 Å². The van der Waals surface area contributed by atoms with Gasteiger partial charge in [-0.05, 0) is 42.8 Å². The van der Waals surface area contributed by atoms with Gasteiger partial charge in [0.25, 0.3) is 0 Å². The highest BCUT2D eigenvalue weighted by molar-refractivity contribution is 5.97. The first kappa shape index (κ1) is 12.5. The lowest BCUT2D eigenvalue weighted by Gasteiger charge is -2.04. The summed E-state index contributed by atoms with van der Waals surface area (Å²) in [7, 11) is 0. The number of aryl methyl sites for hydroxylation is 1. The van der Waals surface area contributed by atoms with Gasteiger partial charge in [0.05, 0.1) is 19.4 Å². The summed E-state index contributed by atoms with van der Waals surface area (Å²) >= 11 is 0. The van der Waals surface area contributed by atoms with Crippen LogP contribution in [0.15, 0.2) is 41.0 Å². The predicted molar refractivity (Wildman–Crippen MR) is 65.9 cm³/mol. The molecular weight excluding hydrogens is 233 g/mol. The topological polar surface area (TPSA) is 42.2 Å². The van der Waals surface area contributed by atoms with Gasteiger partial charge in [0.2, 0.25) is 0 Å². The number of halogens is 1. The van der Waals surface area contributed by atoms with E-state index in [4.69, 9.17) is 4.42 Å². The van der Waals surface area contributed by atoms with E-state index < -0.39 is 0 Å². The predicted octanol–water partition coefficient (Wildman–Crippen LogP) is 2.70. The van der Waals surface area contributed by atoms with Crippen LogP contribution in [-0.2, 0) is 6.54 Å². The number of hydrogen-bond donors (Lipinski definition) is 1. The molecule has 0 bridgehead atoms. The van der Waals surface area contributed by atoms with E-state index in [-0.39, 0.29) is 18.1 Å². The normalized spacial score (nSPS) is 10.6. The highest BCUT2D eigenvalue weighted by Gasteiger charge is 2.07. The number of furan rings is 1. The van der Waals surface area contributed by atoms with E-state index in [1.165, 1.54) is 12.1 Å². The molecule has 1 heterocycles. The van der Waals surface area contributed by atoms with E-state index in [9.17, 15) is 9.18 Å². The molecule has 94 valence electrons. The molecule has 0 fully saturated rings. The Labute approximate surface area is 105 Å². The van der Waals surface area contributed by atoms with Crippen LogP contribution in [0.25, 0.3) is 0 Å². The molecular formula is C14H14FNO2. The zero-order valence-corrected chi connectivity index (χ0v) is 10.1. The number of ketones is 1. The van der Waals surface area contributed by atoms with Crippen LogP contribution in [0.4, 0.5) is 4.39 Å². The van der Waals surface area contributed by atoms with Gasteiger partial charge in [0.15, 0.2) is 5.78 Å². The molecule has 4 heteroatoms. The molecule has 3 nitrogen and oxygen atoms in total. The first-order valence-corrected chi connectivity index (χ1v) is 5.69. The maximum atomic E-state index is 13.1. The highest BCUT2D eigenvalue weighted by atomic mass is 19.1. The molecule has 0 aliphatic heterocycles. The SMILES string of the molecule is Cc1cc(C(=O)CNCc2ccco2)ccc1F. The second-order valence-corrected chi connectivity index (χ2v) is 4.07. The van der Waals surface area contributed by atoms with Crippen molar-refractivity contribution in [2.24, 2.45) is 0 Å². The van der Waals surface area contributed by atoms with Crippen molar-refractivity contribution < 1.29 is 13.6 Å². The molecule has 1 aromatic heterocycles. The van der Waals surface area contributed by atoms with Crippen LogP contribution < -0.4 is 5.32 Å². The maximum Gasteiger partial charge on any atom is 0.176 e. The van der Waals surface area contributed by atoms with Crippen LogP contribution in [0.2, 0.25) is 0 Å². The van der Waals surface area contributed by atoms with E-state index in [2.05, 4.69) is 5.32 Å². The van der Waals surface area contributed by atoms with Gasteiger partial charge >= 0.3 is 0 Å². The van der Waals surface area contributed by atoms with Crippen molar-refractivity contribution >= 4 is 5.78 Å². The number of nitrogens with one attached hydrogen (secondary N) is 1. The molecule has 0 saturated carbocycles. The molecule has 0 aliphatic carbocycles.